The molecular weight excluding hydrogens is 436 g/mol. The van der Waals surface area contributed by atoms with E-state index in [1.807, 2.05) is 60.7 Å². The van der Waals surface area contributed by atoms with Crippen LogP contribution < -0.4 is 0 Å². The molecule has 1 aliphatic rings. The molecule has 0 spiro atoms. The number of carbonyl (C=O) groups excluding carboxylic acids is 1. The monoisotopic (exact) mass is 464 g/mol. The van der Waals surface area contributed by atoms with Gasteiger partial charge in [0.15, 0.2) is 0 Å². The minimum absolute atomic E-state index is 0.137. The Morgan fingerprint density at radius 1 is 0.848 bits per heavy atom. The third kappa shape index (κ3) is 5.87. The van der Waals surface area contributed by atoms with Gasteiger partial charge in [0.25, 0.3) is 5.91 Å². The molecule has 0 N–H and O–H groups in total. The van der Waals surface area contributed by atoms with E-state index < -0.39 is 10.0 Å². The first-order valence-corrected chi connectivity index (χ1v) is 12.5. The van der Waals surface area contributed by atoms with Gasteiger partial charge in [0.1, 0.15) is 0 Å². The second-order valence-corrected chi connectivity index (χ2v) is 9.93. The van der Waals surface area contributed by atoms with Crippen molar-refractivity contribution in [3.05, 3.63) is 102 Å². The summed E-state index contributed by atoms with van der Waals surface area (Å²) in [5, 5.41) is 0. The van der Waals surface area contributed by atoms with Gasteiger partial charge in [-0.3, -0.25) is 4.79 Å². The van der Waals surface area contributed by atoms with E-state index >= 15 is 0 Å². The van der Waals surface area contributed by atoms with E-state index in [0.29, 0.717) is 51.4 Å². The van der Waals surface area contributed by atoms with Gasteiger partial charge in [-0.2, -0.15) is 4.31 Å². The third-order valence-corrected chi connectivity index (χ3v) is 7.60. The number of ether oxygens (including phenoxy) is 1. The number of morpholine rings is 1. The van der Waals surface area contributed by atoms with E-state index in [1.54, 1.807) is 23.1 Å². The van der Waals surface area contributed by atoms with Crippen LogP contribution in [0.15, 0.2) is 89.8 Å². The standard InChI is InChI=1S/C26H28N2O4S/c29-26(24-12-7-13-25(20-24)33(30,31)28-16-18-32-19-17-28)27(21-23-10-5-2-6-11-23)15-14-22-8-3-1-4-9-22/h1-13,20H,14-19,21H2. The van der Waals surface area contributed by atoms with Gasteiger partial charge in [0.05, 0.1) is 18.1 Å². The normalized spacial score (nSPS) is 14.7. The fourth-order valence-corrected chi connectivity index (χ4v) is 5.33. The average Bonchev–Trinajstić information content (AvgIpc) is 2.88. The Bertz CT molecular complexity index is 1160. The molecule has 1 aliphatic heterocycles. The molecule has 7 heteroatoms. The Kier molecular flexibility index (Phi) is 7.54. The molecule has 3 aromatic rings. The van der Waals surface area contributed by atoms with Gasteiger partial charge in [-0.05, 0) is 35.7 Å². The molecular formula is C26H28N2O4S. The van der Waals surface area contributed by atoms with Crippen molar-refractivity contribution in [3.63, 3.8) is 0 Å². The lowest BCUT2D eigenvalue weighted by atomic mass is 10.1. The highest BCUT2D eigenvalue weighted by atomic mass is 32.2. The molecule has 1 amide bonds. The minimum Gasteiger partial charge on any atom is -0.379 e. The van der Waals surface area contributed by atoms with Crippen LogP contribution in [-0.4, -0.2) is 56.4 Å². The van der Waals surface area contributed by atoms with Gasteiger partial charge >= 0.3 is 0 Å². The highest BCUT2D eigenvalue weighted by molar-refractivity contribution is 7.89. The van der Waals surface area contributed by atoms with E-state index in [4.69, 9.17) is 4.74 Å². The smallest absolute Gasteiger partial charge is 0.254 e. The maximum absolute atomic E-state index is 13.5. The summed E-state index contributed by atoms with van der Waals surface area (Å²) in [6.07, 6.45) is 0.713. The highest BCUT2D eigenvalue weighted by Crippen LogP contribution is 2.20. The van der Waals surface area contributed by atoms with E-state index in [2.05, 4.69) is 0 Å². The largest absolute Gasteiger partial charge is 0.379 e. The van der Waals surface area contributed by atoms with Crippen LogP contribution in [-0.2, 0) is 27.7 Å². The zero-order chi connectivity index (χ0) is 23.1. The van der Waals surface area contributed by atoms with Gasteiger partial charge in [-0.1, -0.05) is 66.7 Å². The summed E-state index contributed by atoms with van der Waals surface area (Å²) in [6.45, 7) is 2.37. The third-order valence-electron chi connectivity index (χ3n) is 5.71. The molecule has 0 radical (unpaired) electrons. The summed E-state index contributed by atoms with van der Waals surface area (Å²) < 4.78 is 32.8. The van der Waals surface area contributed by atoms with Crippen molar-refractivity contribution in [3.8, 4) is 0 Å². The number of amides is 1. The number of nitrogens with zero attached hydrogens (tertiary/aromatic N) is 2. The molecule has 4 rings (SSSR count). The van der Waals surface area contributed by atoms with Crippen molar-refractivity contribution in [2.45, 2.75) is 17.9 Å². The summed E-state index contributed by atoms with van der Waals surface area (Å²) in [7, 11) is -3.68. The van der Waals surface area contributed by atoms with Gasteiger partial charge in [0.2, 0.25) is 10.0 Å². The second kappa shape index (κ2) is 10.7. The molecule has 0 aliphatic carbocycles. The van der Waals surface area contributed by atoms with Crippen molar-refractivity contribution in [2.24, 2.45) is 0 Å². The molecule has 1 fully saturated rings. The summed E-state index contributed by atoms with van der Waals surface area (Å²) in [5.74, 6) is -0.186. The van der Waals surface area contributed by atoms with Gasteiger partial charge < -0.3 is 9.64 Å². The highest BCUT2D eigenvalue weighted by Gasteiger charge is 2.27. The number of rotatable bonds is 8. The number of hydrogen-bond donors (Lipinski definition) is 0. The lowest BCUT2D eigenvalue weighted by Gasteiger charge is -2.26. The van der Waals surface area contributed by atoms with Crippen LogP contribution in [0.4, 0.5) is 0 Å². The van der Waals surface area contributed by atoms with Crippen molar-refractivity contribution in [2.75, 3.05) is 32.8 Å². The van der Waals surface area contributed by atoms with E-state index in [-0.39, 0.29) is 10.8 Å². The molecule has 0 bridgehead atoms. The summed E-state index contributed by atoms with van der Waals surface area (Å²) in [6, 6.07) is 26.2. The fourth-order valence-electron chi connectivity index (χ4n) is 3.87. The number of benzene rings is 3. The molecule has 0 aromatic heterocycles. The number of hydrogen-bond acceptors (Lipinski definition) is 4. The predicted molar refractivity (Wildman–Crippen MR) is 127 cm³/mol. The molecule has 0 atom stereocenters. The molecule has 0 saturated carbocycles. The van der Waals surface area contributed by atoms with Crippen molar-refractivity contribution < 1.29 is 17.9 Å². The summed E-state index contributed by atoms with van der Waals surface area (Å²) >= 11 is 0. The Morgan fingerprint density at radius 3 is 2.15 bits per heavy atom. The number of carbonyl (C=O) groups is 1. The molecule has 1 saturated heterocycles. The summed E-state index contributed by atoms with van der Waals surface area (Å²) in [4.78, 5) is 15.4. The number of sulfonamides is 1. The first-order valence-electron chi connectivity index (χ1n) is 11.1. The zero-order valence-electron chi connectivity index (χ0n) is 18.5. The van der Waals surface area contributed by atoms with Crippen molar-refractivity contribution in [1.82, 2.24) is 9.21 Å². The lowest BCUT2D eigenvalue weighted by Crippen LogP contribution is -2.40. The van der Waals surface area contributed by atoms with Gasteiger partial charge in [-0.25, -0.2) is 8.42 Å². The SMILES string of the molecule is O=C(c1cccc(S(=O)(=O)N2CCOCC2)c1)N(CCc1ccccc1)Cc1ccccc1. The Balaban J connectivity index is 1.57. The Morgan fingerprint density at radius 2 is 1.48 bits per heavy atom. The molecule has 172 valence electrons. The average molecular weight is 465 g/mol. The molecule has 1 heterocycles. The van der Waals surface area contributed by atoms with E-state index in [9.17, 15) is 13.2 Å². The van der Waals surface area contributed by atoms with Crippen LogP contribution in [0.2, 0.25) is 0 Å². The molecule has 0 unspecified atom stereocenters. The maximum Gasteiger partial charge on any atom is 0.254 e. The lowest BCUT2D eigenvalue weighted by molar-refractivity contribution is 0.0729. The molecule has 3 aromatic carbocycles. The van der Waals surface area contributed by atoms with Crippen LogP contribution in [0.1, 0.15) is 21.5 Å². The summed E-state index contributed by atoms with van der Waals surface area (Å²) in [5.41, 5.74) is 2.54. The Hall–Kier alpha value is -3.00. The first kappa shape index (κ1) is 23.2. The molecule has 6 nitrogen and oxygen atoms in total. The van der Waals surface area contributed by atoms with E-state index in [1.165, 1.54) is 10.4 Å². The quantitative estimate of drug-likeness (QED) is 0.511. The van der Waals surface area contributed by atoms with Crippen molar-refractivity contribution >= 4 is 15.9 Å². The zero-order valence-corrected chi connectivity index (χ0v) is 19.3. The Labute approximate surface area is 195 Å². The van der Waals surface area contributed by atoms with Crippen LogP contribution in [0.25, 0.3) is 0 Å². The fraction of sp³-hybridized carbons (Fsp3) is 0.269. The first-order chi connectivity index (χ1) is 16.0. The predicted octanol–water partition coefficient (Wildman–Crippen LogP) is 3.59. The topological polar surface area (TPSA) is 66.9 Å². The molecule has 33 heavy (non-hydrogen) atoms. The maximum atomic E-state index is 13.5. The van der Waals surface area contributed by atoms with E-state index in [0.717, 1.165) is 11.1 Å². The van der Waals surface area contributed by atoms with Crippen LogP contribution >= 0.6 is 0 Å². The van der Waals surface area contributed by atoms with Crippen LogP contribution in [0, 0.1) is 0 Å². The van der Waals surface area contributed by atoms with Crippen LogP contribution in [0.5, 0.6) is 0 Å². The van der Waals surface area contributed by atoms with Gasteiger partial charge in [-0.15, -0.1) is 0 Å². The van der Waals surface area contributed by atoms with Crippen LogP contribution in [0.3, 0.4) is 0 Å². The van der Waals surface area contributed by atoms with Crippen molar-refractivity contribution in [1.29, 1.82) is 0 Å². The minimum atomic E-state index is -3.68. The second-order valence-electron chi connectivity index (χ2n) is 7.99. The van der Waals surface area contributed by atoms with Gasteiger partial charge in [0, 0.05) is 31.7 Å².